The molecule has 164 valence electrons. The number of amides is 1. The first kappa shape index (κ1) is 21.4. The number of benzene rings is 3. The van der Waals surface area contributed by atoms with Gasteiger partial charge >= 0.3 is 0 Å². The molecule has 2 heterocycles. The van der Waals surface area contributed by atoms with Crippen LogP contribution in [0.25, 0.3) is 11.1 Å². The first-order valence-corrected chi connectivity index (χ1v) is 10.9. The fourth-order valence-electron chi connectivity index (χ4n) is 3.73. The summed E-state index contributed by atoms with van der Waals surface area (Å²) in [6.45, 7) is 0.270. The third kappa shape index (κ3) is 4.40. The van der Waals surface area contributed by atoms with E-state index < -0.39 is 0 Å². The van der Waals surface area contributed by atoms with Gasteiger partial charge in [0, 0.05) is 21.2 Å². The maximum atomic E-state index is 13.3. The third-order valence-electron chi connectivity index (χ3n) is 5.39. The Labute approximate surface area is 200 Å². The van der Waals surface area contributed by atoms with Crippen molar-refractivity contribution in [2.24, 2.45) is 10.2 Å². The molecule has 8 heteroatoms. The first-order chi connectivity index (χ1) is 16.0. The highest BCUT2D eigenvalue weighted by molar-refractivity contribution is 6.40. The van der Waals surface area contributed by atoms with E-state index in [-0.39, 0.29) is 24.8 Å². The second-order valence-electron chi connectivity index (χ2n) is 7.61. The molecule has 0 saturated heterocycles. The predicted molar refractivity (Wildman–Crippen MR) is 129 cm³/mol. The highest BCUT2D eigenvalue weighted by atomic mass is 35.5. The van der Waals surface area contributed by atoms with Gasteiger partial charge in [-0.3, -0.25) is 4.79 Å². The molecule has 0 spiro atoms. The number of hydrogen-bond acceptors (Lipinski definition) is 4. The summed E-state index contributed by atoms with van der Waals surface area (Å²) in [5.41, 5.74) is 4.24. The molecule has 2 aliphatic rings. The van der Waals surface area contributed by atoms with E-state index in [0.717, 1.165) is 27.8 Å². The summed E-state index contributed by atoms with van der Waals surface area (Å²) in [5, 5.41) is 13.4. The zero-order valence-corrected chi connectivity index (χ0v) is 18.8. The van der Waals surface area contributed by atoms with Crippen molar-refractivity contribution in [3.63, 3.8) is 0 Å². The number of hydrogen-bond donors (Lipinski definition) is 0. The van der Waals surface area contributed by atoms with Gasteiger partial charge in [-0.05, 0) is 53.1 Å². The van der Waals surface area contributed by atoms with Crippen LogP contribution in [-0.4, -0.2) is 34.5 Å². The number of allylic oxidation sites excluding steroid dienone is 1. The predicted octanol–water partition coefficient (Wildman–Crippen LogP) is 5.70. The van der Waals surface area contributed by atoms with Crippen molar-refractivity contribution in [3.05, 3.63) is 105 Å². The van der Waals surface area contributed by atoms with Crippen LogP contribution in [0.5, 0.6) is 0 Å². The highest BCUT2D eigenvalue weighted by Crippen LogP contribution is 2.33. The van der Waals surface area contributed by atoms with Gasteiger partial charge in [-0.25, -0.2) is 14.4 Å². The van der Waals surface area contributed by atoms with Gasteiger partial charge in [0.1, 0.15) is 12.4 Å². The topological polar surface area (TPSA) is 48.3 Å². The number of hydrazone groups is 2. The van der Waals surface area contributed by atoms with E-state index in [1.807, 2.05) is 48.5 Å². The van der Waals surface area contributed by atoms with E-state index in [2.05, 4.69) is 10.2 Å². The lowest BCUT2D eigenvalue weighted by molar-refractivity contribution is -0.133. The molecule has 0 saturated carbocycles. The van der Waals surface area contributed by atoms with Crippen LogP contribution in [0.2, 0.25) is 10.0 Å². The summed E-state index contributed by atoms with van der Waals surface area (Å²) < 4.78 is 13.3. The summed E-state index contributed by atoms with van der Waals surface area (Å²) in [7, 11) is 0. The SMILES string of the molecule is O=C1CN2N=CC(c3ccc(Cl)cc3)=C(c3ccc(Cl)cc3)C2=NN1Cc1ccc(F)cc1. The lowest BCUT2D eigenvalue weighted by Crippen LogP contribution is -2.46. The van der Waals surface area contributed by atoms with Gasteiger partial charge in [-0.15, -0.1) is 5.10 Å². The molecule has 0 radical (unpaired) electrons. The lowest BCUT2D eigenvalue weighted by Gasteiger charge is -2.34. The zero-order valence-electron chi connectivity index (χ0n) is 17.3. The summed E-state index contributed by atoms with van der Waals surface area (Å²) in [4.78, 5) is 12.8. The Morgan fingerprint density at radius 2 is 1.45 bits per heavy atom. The van der Waals surface area contributed by atoms with Gasteiger partial charge in [-0.1, -0.05) is 59.6 Å². The second kappa shape index (κ2) is 8.81. The molecular formula is C25H17Cl2FN4O. The van der Waals surface area contributed by atoms with Crippen molar-refractivity contribution in [2.45, 2.75) is 6.54 Å². The average Bonchev–Trinajstić information content (AvgIpc) is 2.82. The smallest absolute Gasteiger partial charge is 0.264 e. The number of amidine groups is 1. The van der Waals surface area contributed by atoms with E-state index >= 15 is 0 Å². The Kier molecular flexibility index (Phi) is 5.70. The van der Waals surface area contributed by atoms with E-state index in [0.29, 0.717) is 15.9 Å². The van der Waals surface area contributed by atoms with E-state index in [9.17, 15) is 9.18 Å². The molecule has 0 N–H and O–H groups in total. The van der Waals surface area contributed by atoms with Crippen LogP contribution in [0.4, 0.5) is 4.39 Å². The van der Waals surface area contributed by atoms with E-state index in [1.165, 1.54) is 17.1 Å². The Balaban J connectivity index is 1.63. The van der Waals surface area contributed by atoms with Crippen molar-refractivity contribution in [1.82, 2.24) is 10.0 Å². The fourth-order valence-corrected chi connectivity index (χ4v) is 3.98. The highest BCUT2D eigenvalue weighted by Gasteiger charge is 2.33. The van der Waals surface area contributed by atoms with Crippen LogP contribution in [-0.2, 0) is 11.3 Å². The van der Waals surface area contributed by atoms with Crippen molar-refractivity contribution in [2.75, 3.05) is 6.54 Å². The summed E-state index contributed by atoms with van der Waals surface area (Å²) in [6, 6.07) is 20.9. The minimum Gasteiger partial charge on any atom is -0.271 e. The number of carbonyl (C=O) groups excluding carboxylic acids is 1. The lowest BCUT2D eigenvalue weighted by atomic mass is 9.93. The van der Waals surface area contributed by atoms with Crippen molar-refractivity contribution in [3.8, 4) is 0 Å². The van der Waals surface area contributed by atoms with Crippen LogP contribution < -0.4 is 0 Å². The second-order valence-corrected chi connectivity index (χ2v) is 8.48. The molecule has 0 aliphatic carbocycles. The standard InChI is InChI=1S/C25H17Cl2FN4O/c26-19-7-3-17(4-8-19)22-13-29-32-15-23(33)31(14-16-1-11-21(28)12-2-16)30-25(32)24(22)18-5-9-20(27)10-6-18/h1-13H,14-15H2. The molecule has 3 aromatic rings. The minimum atomic E-state index is -0.330. The Bertz CT molecular complexity index is 1300. The largest absolute Gasteiger partial charge is 0.271 e. The van der Waals surface area contributed by atoms with Crippen molar-refractivity contribution in [1.29, 1.82) is 0 Å². The molecule has 0 fully saturated rings. The first-order valence-electron chi connectivity index (χ1n) is 10.2. The van der Waals surface area contributed by atoms with E-state index in [1.54, 1.807) is 23.4 Å². The molecule has 5 nitrogen and oxygen atoms in total. The number of nitrogens with zero attached hydrogens (tertiary/aromatic N) is 4. The molecular weight excluding hydrogens is 462 g/mol. The number of halogens is 3. The molecule has 1 amide bonds. The number of carbonyl (C=O) groups is 1. The Morgan fingerprint density at radius 1 is 0.848 bits per heavy atom. The fraction of sp³-hybridized carbons (Fsp3) is 0.0800. The van der Waals surface area contributed by atoms with Gasteiger partial charge in [0.15, 0.2) is 5.84 Å². The summed E-state index contributed by atoms with van der Waals surface area (Å²) >= 11 is 12.2. The molecule has 2 aliphatic heterocycles. The van der Waals surface area contributed by atoms with Gasteiger partial charge in [0.2, 0.25) is 0 Å². The molecule has 0 bridgehead atoms. The maximum Gasteiger partial charge on any atom is 0.264 e. The molecule has 33 heavy (non-hydrogen) atoms. The Morgan fingerprint density at radius 3 is 2.09 bits per heavy atom. The summed E-state index contributed by atoms with van der Waals surface area (Å²) in [6.07, 6.45) is 1.73. The normalized spacial score (nSPS) is 15.6. The number of rotatable bonds is 4. The third-order valence-corrected chi connectivity index (χ3v) is 5.89. The molecule has 0 aromatic heterocycles. The van der Waals surface area contributed by atoms with Gasteiger partial charge < -0.3 is 0 Å². The quantitative estimate of drug-likeness (QED) is 0.482. The van der Waals surface area contributed by atoms with Crippen LogP contribution in [0.3, 0.4) is 0 Å². The van der Waals surface area contributed by atoms with Gasteiger partial charge in [0.05, 0.1) is 12.8 Å². The van der Waals surface area contributed by atoms with Crippen molar-refractivity contribution < 1.29 is 9.18 Å². The monoisotopic (exact) mass is 478 g/mol. The maximum absolute atomic E-state index is 13.3. The van der Waals surface area contributed by atoms with Crippen LogP contribution in [0, 0.1) is 5.82 Å². The molecule has 3 aromatic carbocycles. The van der Waals surface area contributed by atoms with Crippen LogP contribution in [0.15, 0.2) is 83.0 Å². The summed E-state index contributed by atoms with van der Waals surface area (Å²) in [5.74, 6) is 0.0144. The number of fused-ring (bicyclic) bond motifs is 1. The van der Waals surface area contributed by atoms with E-state index in [4.69, 9.17) is 23.2 Å². The Hall–Kier alpha value is -3.48. The zero-order chi connectivity index (χ0) is 22.9. The molecule has 5 rings (SSSR count). The van der Waals surface area contributed by atoms with Crippen LogP contribution >= 0.6 is 23.2 Å². The van der Waals surface area contributed by atoms with Gasteiger partial charge in [-0.2, -0.15) is 5.10 Å². The van der Waals surface area contributed by atoms with Crippen molar-refractivity contribution >= 4 is 52.3 Å². The molecule has 0 unspecified atom stereocenters. The van der Waals surface area contributed by atoms with Gasteiger partial charge in [0.25, 0.3) is 5.91 Å². The minimum absolute atomic E-state index is 0.0432. The molecule has 0 atom stereocenters. The average molecular weight is 479 g/mol. The van der Waals surface area contributed by atoms with Crippen LogP contribution in [0.1, 0.15) is 16.7 Å².